The first-order chi connectivity index (χ1) is 28.4. The maximum absolute atomic E-state index is 12.6. The van der Waals surface area contributed by atoms with Gasteiger partial charge < -0.3 is 54.7 Å². The van der Waals surface area contributed by atoms with Crippen LogP contribution in [-0.4, -0.2) is 127 Å². The summed E-state index contributed by atoms with van der Waals surface area (Å²) < 4.78 is 92.9. The third-order valence-electron chi connectivity index (χ3n) is 6.80. The van der Waals surface area contributed by atoms with Crippen molar-refractivity contribution in [3.8, 4) is 0 Å². The first kappa shape index (κ1) is 65.6. The second kappa shape index (κ2) is 24.3. The summed E-state index contributed by atoms with van der Waals surface area (Å²) in [5.74, 6) is -0.955. The molecular formula is C38H94O15Si12. The van der Waals surface area contributed by atoms with E-state index in [2.05, 4.69) is 170 Å². The van der Waals surface area contributed by atoms with Gasteiger partial charge in [0.15, 0.2) is 66.5 Å². The number of carbonyl (C=O) groups is 2. The zero-order valence-electron chi connectivity index (χ0n) is 45.8. The number of ether oxygens (including phenoxy) is 2. The molecule has 65 heavy (non-hydrogen) atoms. The Kier molecular flexibility index (Phi) is 24.6. The van der Waals surface area contributed by atoms with E-state index in [0.29, 0.717) is 24.0 Å². The molecule has 0 amide bonds. The van der Waals surface area contributed by atoms with Gasteiger partial charge >= 0.3 is 47.6 Å². The van der Waals surface area contributed by atoms with Gasteiger partial charge in [-0.15, -0.1) is 0 Å². The molecule has 0 bridgehead atoms. The van der Waals surface area contributed by atoms with Crippen LogP contribution in [0.1, 0.15) is 26.7 Å². The fraction of sp³-hybridized carbons (Fsp3) is 0.842. The number of hydrogen-bond acceptors (Lipinski definition) is 15. The van der Waals surface area contributed by atoms with Crippen LogP contribution in [-0.2, 0) is 64.3 Å². The van der Waals surface area contributed by atoms with Crippen molar-refractivity contribution in [1.82, 2.24) is 0 Å². The van der Waals surface area contributed by atoms with Crippen molar-refractivity contribution in [3.63, 3.8) is 0 Å². The molecule has 0 aromatic heterocycles. The fourth-order valence-electron chi connectivity index (χ4n) is 5.73. The highest BCUT2D eigenvalue weighted by Gasteiger charge is 2.70. The zero-order valence-corrected chi connectivity index (χ0v) is 57.8. The summed E-state index contributed by atoms with van der Waals surface area (Å²) in [7, 11) is -38.2. The van der Waals surface area contributed by atoms with E-state index in [1.165, 1.54) is 0 Å². The average Bonchev–Trinajstić information content (AvgIpc) is 2.93. The summed E-state index contributed by atoms with van der Waals surface area (Å²) in [4.78, 5) is 25.2. The first-order valence-electron chi connectivity index (χ1n) is 22.8. The number of carbonyl (C=O) groups excluding carboxylic acids is 2. The van der Waals surface area contributed by atoms with E-state index in [4.69, 9.17) is 54.7 Å². The molecule has 0 saturated carbocycles. The summed E-state index contributed by atoms with van der Waals surface area (Å²) in [6.07, 6.45) is 0.723. The van der Waals surface area contributed by atoms with Gasteiger partial charge in [-0.3, -0.25) is 0 Å². The minimum atomic E-state index is -4.68. The van der Waals surface area contributed by atoms with Crippen LogP contribution in [0.3, 0.4) is 0 Å². The van der Waals surface area contributed by atoms with Crippen molar-refractivity contribution >= 4 is 114 Å². The maximum Gasteiger partial charge on any atom is 0.645 e. The topological polar surface area (TPSA) is 154 Å². The van der Waals surface area contributed by atoms with Crippen LogP contribution < -0.4 is 0 Å². The standard InChI is InChI=1S/C38H94O15Si12/c1-35(2)37(39)41-31-29-33-62(43-54(5,6)7,44-55(8,9)10)51-64(47-58(17,18)19,48-59(20,21)22)53-65(49-60(23,24)25,50-61(26,27)28)52-63(45-56(11,12)13,46-57(14,15)16)34-30-32-42-38(40)36(3)4/h1,3,29-34H2,2,4-28H3. The van der Waals surface area contributed by atoms with Gasteiger partial charge in [0, 0.05) is 23.2 Å². The number of rotatable bonds is 32. The minimum Gasteiger partial charge on any atom is -0.462 e. The summed E-state index contributed by atoms with van der Waals surface area (Å²) in [6, 6.07) is 0.539. The molecule has 0 aliphatic carbocycles. The normalized spacial score (nSPS) is 14.7. The Balaban J connectivity index is 8.94. The van der Waals surface area contributed by atoms with Gasteiger partial charge in [0.2, 0.25) is 0 Å². The Morgan fingerprint density at radius 2 is 0.523 bits per heavy atom. The lowest BCUT2D eigenvalue weighted by Gasteiger charge is -2.50. The van der Waals surface area contributed by atoms with Crippen molar-refractivity contribution in [3.05, 3.63) is 24.3 Å². The van der Waals surface area contributed by atoms with Gasteiger partial charge in [-0.2, -0.15) is 0 Å². The molecule has 0 heterocycles. The Morgan fingerprint density at radius 1 is 0.323 bits per heavy atom. The SMILES string of the molecule is C=C(C)C(=O)OCCC[Si](O[Si](C)(C)C)(O[Si](C)(C)C)O[Si](O[Si](C)(C)C)(O[Si](C)(C)C)O[Si](O[Si](C)(C)C)(O[Si](C)(C)C)O[Si](CCCOC(=O)C(=C)C)(O[Si](C)(C)C)O[Si](C)(C)C. The monoisotopic (exact) mass is 1130 g/mol. The predicted octanol–water partition coefficient (Wildman–Crippen LogP) is 11.6. The quantitative estimate of drug-likeness (QED) is 0.0271. The minimum absolute atomic E-state index is 0.0875. The Labute approximate surface area is 409 Å². The lowest BCUT2D eigenvalue weighted by Crippen LogP contribution is -2.75. The van der Waals surface area contributed by atoms with Crippen molar-refractivity contribution in [1.29, 1.82) is 0 Å². The summed E-state index contributed by atoms with van der Waals surface area (Å²) in [5, 5.41) is 0. The Morgan fingerprint density at radius 3 is 0.692 bits per heavy atom. The van der Waals surface area contributed by atoms with Crippen molar-refractivity contribution in [2.75, 3.05) is 13.2 Å². The average molecular weight is 1130 g/mol. The summed E-state index contributed by atoms with van der Waals surface area (Å²) in [6.45, 7) is 60.8. The fourth-order valence-corrected chi connectivity index (χ4v) is 50.3. The van der Waals surface area contributed by atoms with E-state index >= 15 is 0 Å². The van der Waals surface area contributed by atoms with Gasteiger partial charge in [0.25, 0.3) is 0 Å². The van der Waals surface area contributed by atoms with E-state index in [9.17, 15) is 9.59 Å². The molecule has 0 spiro atoms. The molecule has 0 aliphatic rings. The molecule has 0 unspecified atom stereocenters. The predicted molar refractivity (Wildman–Crippen MR) is 292 cm³/mol. The Bertz CT molecular complexity index is 1390. The van der Waals surface area contributed by atoms with Crippen molar-refractivity contribution < 1.29 is 64.3 Å². The van der Waals surface area contributed by atoms with Crippen LogP contribution in [0.4, 0.5) is 0 Å². The van der Waals surface area contributed by atoms with Gasteiger partial charge in [0.1, 0.15) is 0 Å². The second-order valence-electron chi connectivity index (χ2n) is 24.4. The largest absolute Gasteiger partial charge is 0.645 e. The van der Waals surface area contributed by atoms with E-state index in [0.717, 1.165) is 0 Å². The molecule has 0 atom stereocenters. The van der Waals surface area contributed by atoms with Gasteiger partial charge in [-0.05, 0) is 184 Å². The zero-order chi connectivity index (χ0) is 51.7. The highest BCUT2D eigenvalue weighted by Crippen LogP contribution is 2.40. The smallest absolute Gasteiger partial charge is 0.462 e. The van der Waals surface area contributed by atoms with Crippen LogP contribution in [0.15, 0.2) is 24.3 Å². The van der Waals surface area contributed by atoms with E-state index in [1.807, 2.05) is 0 Å². The van der Waals surface area contributed by atoms with Crippen LogP contribution in [0.5, 0.6) is 0 Å². The maximum atomic E-state index is 12.6. The first-order valence-corrected chi connectivity index (χ1v) is 57.2. The molecule has 0 saturated heterocycles. The summed E-state index contributed by atoms with van der Waals surface area (Å²) in [5.41, 5.74) is 0.617. The highest BCUT2D eigenvalue weighted by atomic mass is 28.6. The molecular weight excluding hydrogens is 1030 g/mol. The van der Waals surface area contributed by atoms with Gasteiger partial charge in [0.05, 0.1) is 13.2 Å². The highest BCUT2D eigenvalue weighted by molar-refractivity contribution is 6.96. The molecule has 0 rings (SSSR count). The van der Waals surface area contributed by atoms with E-state index in [-0.39, 0.29) is 25.3 Å². The van der Waals surface area contributed by atoms with Crippen molar-refractivity contribution in [2.45, 2.75) is 196 Å². The Hall–Kier alpha value is 0.583. The summed E-state index contributed by atoms with van der Waals surface area (Å²) >= 11 is 0. The molecule has 27 heteroatoms. The second-order valence-corrected chi connectivity index (χ2v) is 72.9. The van der Waals surface area contributed by atoms with Gasteiger partial charge in [-0.1, -0.05) is 13.2 Å². The van der Waals surface area contributed by atoms with Crippen LogP contribution in [0.25, 0.3) is 0 Å². The molecule has 0 radical (unpaired) electrons. The van der Waals surface area contributed by atoms with E-state index in [1.54, 1.807) is 13.8 Å². The molecule has 0 aromatic carbocycles. The third-order valence-corrected chi connectivity index (χ3v) is 43.8. The van der Waals surface area contributed by atoms with Crippen LogP contribution in [0.2, 0.25) is 169 Å². The van der Waals surface area contributed by atoms with E-state index < -0.39 is 114 Å². The van der Waals surface area contributed by atoms with Crippen LogP contribution in [0, 0.1) is 0 Å². The molecule has 0 aromatic rings. The van der Waals surface area contributed by atoms with Crippen molar-refractivity contribution in [2.24, 2.45) is 0 Å². The molecule has 384 valence electrons. The molecule has 0 aliphatic heterocycles. The number of hydrogen-bond donors (Lipinski definition) is 0. The molecule has 15 nitrogen and oxygen atoms in total. The molecule has 0 N–H and O–H groups in total. The lowest BCUT2D eigenvalue weighted by atomic mass is 10.4. The van der Waals surface area contributed by atoms with Crippen LogP contribution >= 0.6 is 0 Å². The molecule has 0 fully saturated rings. The lowest BCUT2D eigenvalue weighted by molar-refractivity contribution is -0.139. The number of esters is 2. The third kappa shape index (κ3) is 30.8. The van der Waals surface area contributed by atoms with Gasteiger partial charge in [-0.25, -0.2) is 9.59 Å².